The number of amides is 3. The van der Waals surface area contributed by atoms with Gasteiger partial charge < -0.3 is 9.88 Å². The average Bonchev–Trinajstić information content (AvgIpc) is 3.44. The molecule has 164 valence electrons. The highest BCUT2D eigenvalue weighted by Gasteiger charge is 2.47. The van der Waals surface area contributed by atoms with Crippen LogP contribution in [0.3, 0.4) is 0 Å². The molecule has 7 nitrogen and oxygen atoms in total. The Balaban J connectivity index is 1.33. The Morgan fingerprint density at radius 1 is 0.906 bits per heavy atom. The van der Waals surface area contributed by atoms with Crippen LogP contribution in [0.1, 0.15) is 52.8 Å². The number of H-pyrrole nitrogens is 1. The van der Waals surface area contributed by atoms with Crippen LogP contribution in [0.5, 0.6) is 0 Å². The third kappa shape index (κ3) is 3.64. The molecule has 1 aliphatic heterocycles. The normalized spacial score (nSPS) is 22.4. The fraction of sp³-hybridized carbons (Fsp3) is 0.320. The lowest BCUT2D eigenvalue weighted by Crippen LogP contribution is -2.53. The summed E-state index contributed by atoms with van der Waals surface area (Å²) in [6.45, 7) is 0. The molecule has 32 heavy (non-hydrogen) atoms. The van der Waals surface area contributed by atoms with Gasteiger partial charge in [0.1, 0.15) is 6.04 Å². The number of hydrazine groups is 1. The summed E-state index contributed by atoms with van der Waals surface area (Å²) < 4.78 is 0. The number of fused-ring (bicyclic) bond motifs is 2. The number of hydrogen-bond donors (Lipinski definition) is 3. The Kier molecular flexibility index (Phi) is 5.39. The molecule has 7 heteroatoms. The molecule has 3 atom stereocenters. The fourth-order valence-corrected chi connectivity index (χ4v) is 5.24. The predicted molar refractivity (Wildman–Crippen MR) is 121 cm³/mol. The zero-order valence-corrected chi connectivity index (χ0v) is 17.7. The van der Waals surface area contributed by atoms with Crippen LogP contribution < -0.4 is 10.9 Å². The Morgan fingerprint density at radius 3 is 2.50 bits per heavy atom. The molecular weight excluding hydrogens is 404 g/mol. The van der Waals surface area contributed by atoms with E-state index in [4.69, 9.17) is 0 Å². The lowest BCUT2D eigenvalue weighted by molar-refractivity contribution is -0.126. The molecule has 1 saturated carbocycles. The van der Waals surface area contributed by atoms with Crippen molar-refractivity contribution >= 4 is 28.6 Å². The first-order valence-electron chi connectivity index (χ1n) is 11.2. The standard InChI is InChI=1S/C25H26N4O3/c30-23(19-15-26-20-12-6-5-11-18(19)20)27-28-24(31)22-14-17-10-4-7-13-21(17)29(22)25(32)16-8-2-1-3-9-16/h1-3,5-6,8-9,11-12,15,17,21-22,26H,4,7,10,13-14H2,(H,27,30)(H,28,31)/t17-,21-,22-/m0/s1. The maximum atomic E-state index is 13.3. The third-order valence-electron chi connectivity index (χ3n) is 6.78. The van der Waals surface area contributed by atoms with Gasteiger partial charge in [-0.05, 0) is 43.4 Å². The largest absolute Gasteiger partial charge is 0.360 e. The third-order valence-corrected chi connectivity index (χ3v) is 6.78. The van der Waals surface area contributed by atoms with E-state index in [0.717, 1.165) is 36.6 Å². The van der Waals surface area contributed by atoms with Crippen LogP contribution in [-0.4, -0.2) is 39.7 Å². The van der Waals surface area contributed by atoms with Gasteiger partial charge in [0.05, 0.1) is 5.56 Å². The van der Waals surface area contributed by atoms with Gasteiger partial charge in [-0.3, -0.25) is 25.2 Å². The molecule has 3 aromatic rings. The second-order valence-electron chi connectivity index (χ2n) is 8.63. The van der Waals surface area contributed by atoms with Gasteiger partial charge in [0.15, 0.2) is 0 Å². The van der Waals surface area contributed by atoms with Crippen molar-refractivity contribution in [2.24, 2.45) is 5.92 Å². The van der Waals surface area contributed by atoms with Gasteiger partial charge in [-0.1, -0.05) is 49.2 Å². The summed E-state index contributed by atoms with van der Waals surface area (Å²) in [5.74, 6) is -0.552. The summed E-state index contributed by atoms with van der Waals surface area (Å²) in [5, 5.41) is 0.784. The van der Waals surface area contributed by atoms with E-state index in [-0.39, 0.29) is 17.9 Å². The summed E-state index contributed by atoms with van der Waals surface area (Å²) in [6, 6.07) is 16.1. The molecule has 3 N–H and O–H groups in total. The number of nitrogens with one attached hydrogen (secondary N) is 3. The highest BCUT2D eigenvalue weighted by molar-refractivity contribution is 6.07. The van der Waals surface area contributed by atoms with Crippen molar-refractivity contribution in [3.63, 3.8) is 0 Å². The first kappa shape index (κ1) is 20.3. The van der Waals surface area contributed by atoms with Crippen molar-refractivity contribution in [2.45, 2.75) is 44.2 Å². The molecule has 0 radical (unpaired) electrons. The van der Waals surface area contributed by atoms with Gasteiger partial charge in [0.25, 0.3) is 17.7 Å². The second kappa shape index (κ2) is 8.49. The van der Waals surface area contributed by atoms with E-state index >= 15 is 0 Å². The predicted octanol–water partition coefficient (Wildman–Crippen LogP) is 3.40. The van der Waals surface area contributed by atoms with E-state index in [9.17, 15) is 14.4 Å². The molecule has 5 rings (SSSR count). The number of aromatic nitrogens is 1. The van der Waals surface area contributed by atoms with Crippen molar-refractivity contribution < 1.29 is 14.4 Å². The number of nitrogens with zero attached hydrogens (tertiary/aromatic N) is 1. The summed E-state index contributed by atoms with van der Waals surface area (Å²) in [6.07, 6.45) is 6.37. The summed E-state index contributed by atoms with van der Waals surface area (Å²) in [4.78, 5) is 44.0. The Morgan fingerprint density at radius 2 is 1.66 bits per heavy atom. The maximum absolute atomic E-state index is 13.3. The van der Waals surface area contributed by atoms with E-state index in [2.05, 4.69) is 15.8 Å². The molecule has 2 aromatic carbocycles. The van der Waals surface area contributed by atoms with E-state index in [0.29, 0.717) is 23.5 Å². The van der Waals surface area contributed by atoms with Crippen LogP contribution in [-0.2, 0) is 4.79 Å². The SMILES string of the molecule is O=C(NNC(=O)[C@@H]1C[C@@H]2CCCC[C@@H]2N1C(=O)c1ccccc1)c1c[nH]c2ccccc12. The molecule has 1 aromatic heterocycles. The molecule has 2 fully saturated rings. The van der Waals surface area contributed by atoms with Crippen LogP contribution in [0, 0.1) is 5.92 Å². The zero-order valence-electron chi connectivity index (χ0n) is 17.7. The summed E-state index contributed by atoms with van der Waals surface area (Å²) >= 11 is 0. The topological polar surface area (TPSA) is 94.3 Å². The van der Waals surface area contributed by atoms with E-state index in [1.165, 1.54) is 0 Å². The van der Waals surface area contributed by atoms with Gasteiger partial charge in [-0.15, -0.1) is 0 Å². The van der Waals surface area contributed by atoms with Crippen LogP contribution in [0.2, 0.25) is 0 Å². The lowest BCUT2D eigenvalue weighted by atomic mass is 9.84. The van der Waals surface area contributed by atoms with E-state index in [1.807, 2.05) is 42.5 Å². The number of benzene rings is 2. The highest BCUT2D eigenvalue weighted by atomic mass is 16.2. The number of carbonyl (C=O) groups is 3. The van der Waals surface area contributed by atoms with Gasteiger partial charge in [0.2, 0.25) is 0 Å². The Labute approximate surface area is 186 Å². The monoisotopic (exact) mass is 430 g/mol. The average molecular weight is 431 g/mol. The van der Waals surface area contributed by atoms with Crippen LogP contribution in [0.25, 0.3) is 10.9 Å². The van der Waals surface area contributed by atoms with Gasteiger partial charge in [0, 0.05) is 28.7 Å². The van der Waals surface area contributed by atoms with E-state index in [1.54, 1.807) is 23.2 Å². The molecule has 2 heterocycles. The first-order valence-corrected chi connectivity index (χ1v) is 11.2. The molecule has 3 amide bonds. The van der Waals surface area contributed by atoms with Crippen molar-refractivity contribution in [1.29, 1.82) is 0 Å². The van der Waals surface area contributed by atoms with E-state index < -0.39 is 11.9 Å². The first-order chi connectivity index (χ1) is 15.6. The van der Waals surface area contributed by atoms with Crippen molar-refractivity contribution in [1.82, 2.24) is 20.7 Å². The smallest absolute Gasteiger partial charge is 0.271 e. The number of hydrogen-bond acceptors (Lipinski definition) is 3. The number of para-hydroxylation sites is 1. The zero-order chi connectivity index (χ0) is 22.1. The molecule has 0 unspecified atom stereocenters. The lowest BCUT2D eigenvalue weighted by Gasteiger charge is -2.33. The van der Waals surface area contributed by atoms with Gasteiger partial charge in [-0.2, -0.15) is 0 Å². The number of carbonyl (C=O) groups excluding carboxylic acids is 3. The minimum Gasteiger partial charge on any atom is -0.360 e. The molecule has 1 aliphatic carbocycles. The van der Waals surface area contributed by atoms with Crippen molar-refractivity contribution in [3.8, 4) is 0 Å². The highest BCUT2D eigenvalue weighted by Crippen LogP contribution is 2.40. The Hall–Kier alpha value is -3.61. The number of aromatic amines is 1. The quantitative estimate of drug-likeness (QED) is 0.556. The Bertz CT molecular complexity index is 1160. The molecule has 0 bridgehead atoms. The minimum atomic E-state index is -0.598. The van der Waals surface area contributed by atoms with Crippen LogP contribution >= 0.6 is 0 Å². The summed E-state index contributed by atoms with van der Waals surface area (Å²) in [7, 11) is 0. The fourth-order valence-electron chi connectivity index (χ4n) is 5.24. The minimum absolute atomic E-state index is 0.0662. The van der Waals surface area contributed by atoms with Crippen molar-refractivity contribution in [3.05, 3.63) is 71.9 Å². The molecular formula is C25H26N4O3. The number of likely N-dealkylation sites (tertiary alicyclic amines) is 1. The van der Waals surface area contributed by atoms with Crippen molar-refractivity contribution in [2.75, 3.05) is 0 Å². The van der Waals surface area contributed by atoms with Gasteiger partial charge >= 0.3 is 0 Å². The summed E-state index contributed by atoms with van der Waals surface area (Å²) in [5.41, 5.74) is 7.00. The number of rotatable bonds is 3. The molecule has 1 saturated heterocycles. The van der Waals surface area contributed by atoms with Gasteiger partial charge in [-0.25, -0.2) is 0 Å². The molecule has 2 aliphatic rings. The molecule has 0 spiro atoms. The maximum Gasteiger partial charge on any atom is 0.271 e. The van der Waals surface area contributed by atoms with Crippen LogP contribution in [0.4, 0.5) is 0 Å². The second-order valence-corrected chi connectivity index (χ2v) is 8.63. The van der Waals surface area contributed by atoms with Crippen LogP contribution in [0.15, 0.2) is 60.8 Å².